The summed E-state index contributed by atoms with van der Waals surface area (Å²) in [5.74, 6) is 1.04. The van der Waals surface area contributed by atoms with Gasteiger partial charge in [-0.15, -0.1) is 23.1 Å². The molecule has 2 aromatic heterocycles. The first kappa shape index (κ1) is 9.05. The highest BCUT2D eigenvalue weighted by molar-refractivity contribution is 7.99. The fraction of sp³-hybridized carbons (Fsp3) is 0.375. The molecule has 2 rings (SSSR count). The molecule has 0 aliphatic carbocycles. The first-order valence-electron chi connectivity index (χ1n) is 4.14. The molecule has 0 spiro atoms. The molecule has 0 aliphatic rings. The largest absolute Gasteiger partial charge is 0.325 e. The summed E-state index contributed by atoms with van der Waals surface area (Å²) >= 11 is 3.40. The highest BCUT2D eigenvalue weighted by Crippen LogP contribution is 2.25. The van der Waals surface area contributed by atoms with Gasteiger partial charge in [-0.1, -0.05) is 6.92 Å². The van der Waals surface area contributed by atoms with Crippen molar-refractivity contribution in [1.29, 1.82) is 0 Å². The van der Waals surface area contributed by atoms with Crippen molar-refractivity contribution in [3.8, 4) is 0 Å². The van der Waals surface area contributed by atoms with Gasteiger partial charge in [0.05, 0.1) is 5.69 Å². The zero-order chi connectivity index (χ0) is 9.26. The number of aromatic nitrogens is 2. The monoisotopic (exact) mass is 213 g/mol. The number of imidazole rings is 1. The molecule has 0 aromatic carbocycles. The summed E-state index contributed by atoms with van der Waals surface area (Å²) < 4.78 is 2.07. The van der Waals surface area contributed by atoms with Crippen LogP contribution in [0.5, 0.6) is 0 Å². The maximum atomic E-state index is 5.68. The van der Waals surface area contributed by atoms with Crippen LogP contribution >= 0.6 is 23.1 Å². The molecule has 0 saturated heterocycles. The summed E-state index contributed by atoms with van der Waals surface area (Å²) in [6, 6.07) is 0. The lowest BCUT2D eigenvalue weighted by Gasteiger charge is -1.97. The summed E-state index contributed by atoms with van der Waals surface area (Å²) in [6.45, 7) is 2.68. The summed E-state index contributed by atoms with van der Waals surface area (Å²) in [4.78, 5) is 5.54. The summed E-state index contributed by atoms with van der Waals surface area (Å²) in [7, 11) is 0. The first-order chi connectivity index (χ1) is 6.36. The number of rotatable bonds is 3. The molecule has 0 fully saturated rings. The molecular formula is C8H11N3S2. The van der Waals surface area contributed by atoms with E-state index in [1.54, 1.807) is 23.1 Å². The van der Waals surface area contributed by atoms with Crippen LogP contribution in [0, 0.1) is 0 Å². The minimum Gasteiger partial charge on any atom is -0.325 e. The Kier molecular flexibility index (Phi) is 2.57. The lowest BCUT2D eigenvalue weighted by atomic mass is 10.5. The van der Waals surface area contributed by atoms with Crippen molar-refractivity contribution < 1.29 is 0 Å². The van der Waals surface area contributed by atoms with Gasteiger partial charge in [0.1, 0.15) is 5.03 Å². The zero-order valence-electron chi connectivity index (χ0n) is 7.36. The van der Waals surface area contributed by atoms with Crippen LogP contribution in [0.15, 0.2) is 16.6 Å². The minimum atomic E-state index is 0.556. The van der Waals surface area contributed by atoms with Crippen LogP contribution in [0.1, 0.15) is 12.6 Å². The van der Waals surface area contributed by atoms with Gasteiger partial charge < -0.3 is 5.73 Å². The third kappa shape index (κ3) is 1.47. The van der Waals surface area contributed by atoms with Gasteiger partial charge in [-0.2, -0.15) is 0 Å². The number of nitrogens with two attached hydrogens (primary N) is 1. The average Bonchev–Trinajstić information content (AvgIpc) is 2.64. The number of hydrogen-bond acceptors (Lipinski definition) is 4. The predicted octanol–water partition coefficient (Wildman–Crippen LogP) is 1.97. The number of nitrogens with zero attached hydrogens (tertiary/aromatic N) is 2. The van der Waals surface area contributed by atoms with Crippen LogP contribution in [-0.4, -0.2) is 15.1 Å². The SMILES string of the molecule is CCSc1nc2sccn2c1CN. The van der Waals surface area contributed by atoms with Crippen molar-refractivity contribution >= 4 is 28.1 Å². The number of thiazole rings is 1. The van der Waals surface area contributed by atoms with Crippen molar-refractivity contribution in [2.45, 2.75) is 18.5 Å². The predicted molar refractivity (Wildman–Crippen MR) is 57.4 cm³/mol. The van der Waals surface area contributed by atoms with Crippen LogP contribution in [0.25, 0.3) is 4.96 Å². The lowest BCUT2D eigenvalue weighted by Crippen LogP contribution is -2.00. The molecule has 2 heterocycles. The van der Waals surface area contributed by atoms with Gasteiger partial charge in [-0.3, -0.25) is 4.40 Å². The minimum absolute atomic E-state index is 0.556. The molecule has 2 aromatic rings. The van der Waals surface area contributed by atoms with Gasteiger partial charge >= 0.3 is 0 Å². The summed E-state index contributed by atoms with van der Waals surface area (Å²) in [5, 5.41) is 3.11. The average molecular weight is 213 g/mol. The third-order valence-corrected chi connectivity index (χ3v) is 3.44. The Morgan fingerprint density at radius 1 is 1.69 bits per heavy atom. The van der Waals surface area contributed by atoms with Crippen molar-refractivity contribution in [3.63, 3.8) is 0 Å². The van der Waals surface area contributed by atoms with E-state index in [0.29, 0.717) is 6.54 Å². The Labute approximate surface area is 85.0 Å². The number of fused-ring (bicyclic) bond motifs is 1. The number of thioether (sulfide) groups is 1. The Balaban J connectivity index is 2.54. The molecule has 70 valence electrons. The fourth-order valence-electron chi connectivity index (χ4n) is 1.25. The van der Waals surface area contributed by atoms with Crippen LogP contribution in [0.4, 0.5) is 0 Å². The van der Waals surface area contributed by atoms with E-state index in [1.165, 1.54) is 0 Å². The smallest absolute Gasteiger partial charge is 0.194 e. The quantitative estimate of drug-likeness (QED) is 0.793. The zero-order valence-corrected chi connectivity index (χ0v) is 8.99. The Morgan fingerprint density at radius 3 is 3.23 bits per heavy atom. The molecule has 0 aliphatic heterocycles. The van der Waals surface area contributed by atoms with Crippen molar-refractivity contribution in [2.75, 3.05) is 5.75 Å². The van der Waals surface area contributed by atoms with Crippen LogP contribution in [0.3, 0.4) is 0 Å². The van der Waals surface area contributed by atoms with Gasteiger partial charge in [0.25, 0.3) is 0 Å². The van der Waals surface area contributed by atoms with E-state index < -0.39 is 0 Å². The van der Waals surface area contributed by atoms with Crippen LogP contribution in [0.2, 0.25) is 0 Å². The molecule has 0 unspecified atom stereocenters. The highest BCUT2D eigenvalue weighted by Gasteiger charge is 2.10. The molecule has 0 atom stereocenters. The van der Waals surface area contributed by atoms with Crippen LogP contribution < -0.4 is 5.73 Å². The van der Waals surface area contributed by atoms with Gasteiger partial charge in [-0.05, 0) is 5.75 Å². The van der Waals surface area contributed by atoms with Crippen molar-refractivity contribution in [3.05, 3.63) is 17.3 Å². The molecule has 3 nitrogen and oxygen atoms in total. The highest BCUT2D eigenvalue weighted by atomic mass is 32.2. The van der Waals surface area contributed by atoms with E-state index in [2.05, 4.69) is 16.3 Å². The normalized spacial score (nSPS) is 11.2. The van der Waals surface area contributed by atoms with E-state index in [-0.39, 0.29) is 0 Å². The van der Waals surface area contributed by atoms with Crippen molar-refractivity contribution in [2.24, 2.45) is 5.73 Å². The maximum Gasteiger partial charge on any atom is 0.194 e. The molecule has 0 amide bonds. The van der Waals surface area contributed by atoms with E-state index in [0.717, 1.165) is 21.4 Å². The second-order valence-corrected chi connectivity index (χ2v) is 4.68. The van der Waals surface area contributed by atoms with E-state index in [4.69, 9.17) is 5.73 Å². The Hall–Kier alpha value is -0.520. The molecule has 5 heteroatoms. The van der Waals surface area contributed by atoms with Gasteiger partial charge in [0.2, 0.25) is 0 Å². The second kappa shape index (κ2) is 3.69. The maximum absolute atomic E-state index is 5.68. The summed E-state index contributed by atoms with van der Waals surface area (Å²) in [5.41, 5.74) is 6.81. The topological polar surface area (TPSA) is 43.3 Å². The molecule has 0 saturated carbocycles. The second-order valence-electron chi connectivity index (χ2n) is 2.56. The van der Waals surface area contributed by atoms with E-state index >= 15 is 0 Å². The molecule has 13 heavy (non-hydrogen) atoms. The fourth-order valence-corrected chi connectivity index (χ4v) is 2.81. The first-order valence-corrected chi connectivity index (χ1v) is 6.00. The molecule has 0 radical (unpaired) electrons. The van der Waals surface area contributed by atoms with E-state index in [1.807, 2.05) is 11.6 Å². The van der Waals surface area contributed by atoms with Gasteiger partial charge in [0, 0.05) is 18.1 Å². The molecular weight excluding hydrogens is 202 g/mol. The third-order valence-electron chi connectivity index (χ3n) is 1.80. The standard InChI is InChI=1S/C8H11N3S2/c1-2-12-7-6(5-9)11-3-4-13-8(11)10-7/h3-4H,2,5,9H2,1H3. The molecule has 2 N–H and O–H groups in total. The van der Waals surface area contributed by atoms with Gasteiger partial charge in [0.15, 0.2) is 4.96 Å². The summed E-state index contributed by atoms with van der Waals surface area (Å²) in [6.07, 6.45) is 2.02. The van der Waals surface area contributed by atoms with Crippen molar-refractivity contribution in [1.82, 2.24) is 9.38 Å². The number of hydrogen-bond donors (Lipinski definition) is 1. The lowest BCUT2D eigenvalue weighted by molar-refractivity contribution is 0.925. The Morgan fingerprint density at radius 2 is 2.54 bits per heavy atom. The van der Waals surface area contributed by atoms with E-state index in [9.17, 15) is 0 Å². The Bertz CT molecular complexity index is 404. The van der Waals surface area contributed by atoms with Crippen LogP contribution in [-0.2, 0) is 6.54 Å². The van der Waals surface area contributed by atoms with Gasteiger partial charge in [-0.25, -0.2) is 4.98 Å². The molecule has 0 bridgehead atoms.